The lowest BCUT2D eigenvalue weighted by Gasteiger charge is -2.16. The van der Waals surface area contributed by atoms with Gasteiger partial charge in [-0.2, -0.15) is 0 Å². The fraction of sp³-hybridized carbons (Fsp3) is 0.0465. The zero-order chi connectivity index (χ0) is 31.0. The van der Waals surface area contributed by atoms with Gasteiger partial charge in [0.15, 0.2) is 0 Å². The summed E-state index contributed by atoms with van der Waals surface area (Å²) in [6.07, 6.45) is 0. The van der Waals surface area contributed by atoms with Crippen LogP contribution in [0.1, 0.15) is 11.1 Å². The molecular weight excluding hydrogens is 558 g/mol. The highest BCUT2D eigenvalue weighted by atomic mass is 15.1. The van der Waals surface area contributed by atoms with E-state index in [2.05, 4.69) is 175 Å². The Kier molecular flexibility index (Phi) is 6.92. The van der Waals surface area contributed by atoms with E-state index in [1.54, 1.807) is 0 Å². The van der Waals surface area contributed by atoms with Crippen molar-refractivity contribution in [3.8, 4) is 56.4 Å². The SMILES string of the molecule is Cc1ccc(-c2ccc(-c3ccc(C)cc3)n2-c2ccc(-c3ccc(-c4nc5ccccc5n4-c4ccccc4)cc3)cc2)cc1. The van der Waals surface area contributed by atoms with E-state index in [0.29, 0.717) is 0 Å². The van der Waals surface area contributed by atoms with Crippen LogP contribution in [0.5, 0.6) is 0 Å². The maximum Gasteiger partial charge on any atom is 0.145 e. The summed E-state index contributed by atoms with van der Waals surface area (Å²) in [5.41, 5.74) is 15.0. The number of aromatic nitrogens is 3. The van der Waals surface area contributed by atoms with Crippen molar-refractivity contribution in [1.82, 2.24) is 14.1 Å². The smallest absolute Gasteiger partial charge is 0.145 e. The number of hydrogen-bond acceptors (Lipinski definition) is 1. The number of aryl methyl sites for hydroxylation is 2. The molecule has 8 aromatic rings. The molecule has 0 N–H and O–H groups in total. The highest BCUT2D eigenvalue weighted by Crippen LogP contribution is 2.35. The minimum absolute atomic E-state index is 0.939. The second-order valence-electron chi connectivity index (χ2n) is 11.9. The van der Waals surface area contributed by atoms with Crippen molar-refractivity contribution in [2.45, 2.75) is 13.8 Å². The molecule has 220 valence electrons. The summed E-state index contributed by atoms with van der Waals surface area (Å²) in [5, 5.41) is 0. The van der Waals surface area contributed by atoms with Gasteiger partial charge in [-0.3, -0.25) is 4.57 Å². The molecule has 3 heteroatoms. The minimum Gasteiger partial charge on any atom is -0.309 e. The maximum atomic E-state index is 5.04. The lowest BCUT2D eigenvalue weighted by molar-refractivity contribution is 1.09. The van der Waals surface area contributed by atoms with Crippen LogP contribution in [0.25, 0.3) is 67.4 Å². The lowest BCUT2D eigenvalue weighted by atomic mass is 10.0. The fourth-order valence-electron chi connectivity index (χ4n) is 6.29. The van der Waals surface area contributed by atoms with Crippen LogP contribution >= 0.6 is 0 Å². The number of hydrogen-bond donors (Lipinski definition) is 0. The summed E-state index contributed by atoms with van der Waals surface area (Å²) in [4.78, 5) is 5.04. The van der Waals surface area contributed by atoms with Crippen molar-refractivity contribution in [2.75, 3.05) is 0 Å². The number of nitrogens with zero attached hydrogens (tertiary/aromatic N) is 3. The summed E-state index contributed by atoms with van der Waals surface area (Å²) < 4.78 is 4.61. The summed E-state index contributed by atoms with van der Waals surface area (Å²) in [6.45, 7) is 4.26. The Bertz CT molecular complexity index is 2210. The quantitative estimate of drug-likeness (QED) is 0.189. The summed E-state index contributed by atoms with van der Waals surface area (Å²) in [7, 11) is 0. The molecule has 0 radical (unpaired) electrons. The molecule has 0 saturated carbocycles. The van der Waals surface area contributed by atoms with Crippen molar-refractivity contribution in [3.63, 3.8) is 0 Å². The lowest BCUT2D eigenvalue weighted by Crippen LogP contribution is -1.99. The van der Waals surface area contributed by atoms with E-state index in [1.165, 1.54) is 44.8 Å². The Morgan fingerprint density at radius 2 is 0.826 bits per heavy atom. The van der Waals surface area contributed by atoms with Crippen molar-refractivity contribution < 1.29 is 0 Å². The van der Waals surface area contributed by atoms with Crippen LogP contribution in [0.4, 0.5) is 0 Å². The molecule has 0 unspecified atom stereocenters. The Morgan fingerprint density at radius 1 is 0.370 bits per heavy atom. The van der Waals surface area contributed by atoms with Crippen LogP contribution in [0.15, 0.2) is 164 Å². The third-order valence-electron chi connectivity index (χ3n) is 8.75. The van der Waals surface area contributed by atoms with Crippen LogP contribution in [0, 0.1) is 13.8 Å². The zero-order valence-corrected chi connectivity index (χ0v) is 25.9. The van der Waals surface area contributed by atoms with Gasteiger partial charge in [-0.25, -0.2) is 4.98 Å². The van der Waals surface area contributed by atoms with Gasteiger partial charge < -0.3 is 4.57 Å². The van der Waals surface area contributed by atoms with Crippen LogP contribution in [-0.2, 0) is 0 Å². The van der Waals surface area contributed by atoms with Gasteiger partial charge >= 0.3 is 0 Å². The molecule has 2 aromatic heterocycles. The van der Waals surface area contributed by atoms with Gasteiger partial charge in [0.05, 0.1) is 22.4 Å². The average Bonchev–Trinajstić information content (AvgIpc) is 3.72. The molecule has 0 aliphatic carbocycles. The van der Waals surface area contributed by atoms with Gasteiger partial charge in [0, 0.05) is 16.9 Å². The highest BCUT2D eigenvalue weighted by Gasteiger charge is 2.16. The number of para-hydroxylation sites is 3. The zero-order valence-electron chi connectivity index (χ0n) is 25.9. The second kappa shape index (κ2) is 11.5. The first-order valence-corrected chi connectivity index (χ1v) is 15.7. The van der Waals surface area contributed by atoms with E-state index in [4.69, 9.17) is 4.98 Å². The van der Waals surface area contributed by atoms with E-state index in [9.17, 15) is 0 Å². The largest absolute Gasteiger partial charge is 0.309 e. The molecule has 2 heterocycles. The Balaban J connectivity index is 1.16. The molecule has 0 amide bonds. The van der Waals surface area contributed by atoms with Crippen molar-refractivity contribution in [3.05, 3.63) is 175 Å². The molecule has 0 atom stereocenters. The van der Waals surface area contributed by atoms with E-state index >= 15 is 0 Å². The first-order chi connectivity index (χ1) is 22.6. The van der Waals surface area contributed by atoms with Gasteiger partial charge in [0.25, 0.3) is 0 Å². The van der Waals surface area contributed by atoms with E-state index in [1.807, 2.05) is 12.1 Å². The molecule has 0 spiro atoms. The average molecular weight is 592 g/mol. The van der Waals surface area contributed by atoms with Crippen molar-refractivity contribution in [1.29, 1.82) is 0 Å². The monoisotopic (exact) mass is 591 g/mol. The Hall–Kier alpha value is -5.93. The summed E-state index contributed by atoms with van der Waals surface area (Å²) in [6, 6.07) is 58.5. The molecular formula is C43H33N3. The Morgan fingerprint density at radius 3 is 1.41 bits per heavy atom. The number of benzene rings is 6. The molecule has 8 rings (SSSR count). The van der Waals surface area contributed by atoms with Crippen molar-refractivity contribution >= 4 is 11.0 Å². The molecule has 6 aromatic carbocycles. The van der Waals surface area contributed by atoms with Gasteiger partial charge in [-0.05, 0) is 84.6 Å². The van der Waals surface area contributed by atoms with E-state index in [0.717, 1.165) is 33.8 Å². The minimum atomic E-state index is 0.939. The predicted molar refractivity (Wildman–Crippen MR) is 192 cm³/mol. The number of rotatable bonds is 6. The maximum absolute atomic E-state index is 5.04. The molecule has 0 saturated heterocycles. The van der Waals surface area contributed by atoms with Crippen molar-refractivity contribution in [2.24, 2.45) is 0 Å². The van der Waals surface area contributed by atoms with Gasteiger partial charge in [0.2, 0.25) is 0 Å². The van der Waals surface area contributed by atoms with Crippen LogP contribution in [0.2, 0.25) is 0 Å². The molecule has 3 nitrogen and oxygen atoms in total. The first kappa shape index (κ1) is 27.6. The number of fused-ring (bicyclic) bond motifs is 1. The third kappa shape index (κ3) is 5.02. The van der Waals surface area contributed by atoms with Crippen LogP contribution < -0.4 is 0 Å². The molecule has 0 aliphatic heterocycles. The van der Waals surface area contributed by atoms with Gasteiger partial charge in [0.1, 0.15) is 5.82 Å². The highest BCUT2D eigenvalue weighted by molar-refractivity contribution is 5.84. The van der Waals surface area contributed by atoms with Gasteiger partial charge in [-0.1, -0.05) is 126 Å². The molecule has 0 bridgehead atoms. The standard InChI is InChI=1S/C43H33N3/c1-30-12-16-34(17-13-30)40-28-29-41(35-18-14-31(2)15-19-35)45(40)38-26-24-33(25-27-38)32-20-22-36(23-21-32)43-44-39-10-6-7-11-42(39)46(43)37-8-4-3-5-9-37/h3-29H,1-2H3. The topological polar surface area (TPSA) is 22.8 Å². The first-order valence-electron chi connectivity index (χ1n) is 15.7. The fourth-order valence-corrected chi connectivity index (χ4v) is 6.29. The predicted octanol–water partition coefficient (Wildman–Crippen LogP) is 11.1. The number of imidazole rings is 1. The summed E-state index contributed by atoms with van der Waals surface area (Å²) >= 11 is 0. The molecule has 0 aliphatic rings. The Labute approximate surface area is 269 Å². The molecule has 0 fully saturated rings. The third-order valence-corrected chi connectivity index (χ3v) is 8.75. The normalized spacial score (nSPS) is 11.3. The van der Waals surface area contributed by atoms with Crippen LogP contribution in [0.3, 0.4) is 0 Å². The summed E-state index contributed by atoms with van der Waals surface area (Å²) in [5.74, 6) is 0.939. The van der Waals surface area contributed by atoms with E-state index < -0.39 is 0 Å². The van der Waals surface area contributed by atoms with Gasteiger partial charge in [-0.15, -0.1) is 0 Å². The second-order valence-corrected chi connectivity index (χ2v) is 11.9. The van der Waals surface area contributed by atoms with E-state index in [-0.39, 0.29) is 0 Å². The van der Waals surface area contributed by atoms with Crippen LogP contribution in [-0.4, -0.2) is 14.1 Å². The molecule has 46 heavy (non-hydrogen) atoms.